The first-order valence-corrected chi connectivity index (χ1v) is 14.6. The third kappa shape index (κ3) is 2.14. The summed E-state index contributed by atoms with van der Waals surface area (Å²) in [5.41, 5.74) is 0.863. The number of aliphatic hydroxyl groups excluding tert-OH is 1. The summed E-state index contributed by atoms with van der Waals surface area (Å²) < 4.78 is 6.92. The summed E-state index contributed by atoms with van der Waals surface area (Å²) in [5, 5.41) is 11.0. The number of hydrogen-bond acceptors (Lipinski definition) is 3. The lowest BCUT2D eigenvalue weighted by molar-refractivity contribution is -0.261. The Balaban J connectivity index is 1.38. The summed E-state index contributed by atoms with van der Waals surface area (Å²) in [6, 6.07) is 0. The molecule has 1 N–H and O–H groups in total. The minimum absolute atomic E-state index is 0.0345. The maximum Gasteiger partial charge on any atom is 0.140 e. The van der Waals surface area contributed by atoms with Gasteiger partial charge in [0.2, 0.25) is 0 Å². The molecule has 1 saturated heterocycles. The number of Topliss-reactive ketones (excluding diaryl/α,β-unsaturated/α-hetero) is 1. The summed E-state index contributed by atoms with van der Waals surface area (Å²) in [4.78, 5) is 14.0. The molecule has 6 aliphatic carbocycles. The van der Waals surface area contributed by atoms with Gasteiger partial charge >= 0.3 is 0 Å². The summed E-state index contributed by atoms with van der Waals surface area (Å²) in [6.07, 6.45) is 11.6. The van der Waals surface area contributed by atoms with Crippen molar-refractivity contribution in [1.82, 2.24) is 0 Å². The van der Waals surface area contributed by atoms with Gasteiger partial charge in [-0.15, -0.1) is 0 Å². The van der Waals surface area contributed by atoms with E-state index in [1.54, 1.807) is 0 Å². The number of carbonyl (C=O) groups excluding carboxylic acids is 1. The number of rotatable bonds is 0. The third-order valence-electron chi connectivity index (χ3n) is 14.9. The van der Waals surface area contributed by atoms with Crippen molar-refractivity contribution in [3.05, 3.63) is 0 Å². The van der Waals surface area contributed by atoms with Crippen molar-refractivity contribution in [2.75, 3.05) is 0 Å². The van der Waals surface area contributed by atoms with Gasteiger partial charge in [0, 0.05) is 17.3 Å². The molecule has 0 radical (unpaired) electrons. The molecule has 1 aliphatic heterocycles. The van der Waals surface area contributed by atoms with Gasteiger partial charge in [-0.1, -0.05) is 48.5 Å². The van der Waals surface area contributed by atoms with Gasteiger partial charge in [0.05, 0.1) is 18.3 Å². The van der Waals surface area contributed by atoms with Crippen molar-refractivity contribution in [3.8, 4) is 0 Å². The van der Waals surface area contributed by atoms with Gasteiger partial charge in [-0.05, 0) is 103 Å². The van der Waals surface area contributed by atoms with Crippen molar-refractivity contribution < 1.29 is 14.6 Å². The number of ether oxygens (including phenoxy) is 1. The second-order valence-electron chi connectivity index (χ2n) is 16.4. The number of fused-ring (bicyclic) bond motifs is 6. The van der Waals surface area contributed by atoms with Crippen molar-refractivity contribution >= 4 is 5.78 Å². The normalized spacial score (nSPS) is 62.5. The van der Waals surface area contributed by atoms with E-state index in [9.17, 15) is 9.90 Å². The molecule has 7 fully saturated rings. The lowest BCUT2D eigenvalue weighted by Gasteiger charge is -2.74. The summed E-state index contributed by atoms with van der Waals surface area (Å²) in [6.45, 7) is 17.4. The first-order chi connectivity index (χ1) is 15.7. The Kier molecular flexibility index (Phi) is 4.02. The number of carbonyl (C=O) groups is 1. The quantitative estimate of drug-likeness (QED) is 0.410. The van der Waals surface area contributed by atoms with Crippen molar-refractivity contribution in [2.45, 2.75) is 131 Å². The SMILES string of the molecule is CC1(C)CC[C@@]23CC[C@]4(C)[C@@](CC2=O)([C@@H]3C1)[C@H]1O[C@H]1[C@@H]1[C@@]2(C)CC[C@H](O)C(C)(C)[C@@H]2CC[C@]14C. The molecule has 0 aromatic heterocycles. The maximum absolute atomic E-state index is 14.0. The van der Waals surface area contributed by atoms with Crippen LogP contribution in [0.1, 0.15) is 113 Å². The Bertz CT molecular complexity index is 968. The molecule has 11 atom stereocenters. The smallest absolute Gasteiger partial charge is 0.140 e. The maximum atomic E-state index is 14.0. The molecule has 3 heteroatoms. The molecule has 3 nitrogen and oxygen atoms in total. The molecule has 190 valence electrons. The zero-order chi connectivity index (χ0) is 24.3. The van der Waals surface area contributed by atoms with E-state index in [1.165, 1.54) is 32.1 Å². The highest BCUT2D eigenvalue weighted by molar-refractivity contribution is 5.90. The van der Waals surface area contributed by atoms with Gasteiger partial charge in [0.1, 0.15) is 5.78 Å². The topological polar surface area (TPSA) is 49.8 Å². The molecule has 0 aromatic rings. The molecule has 1 spiro atoms. The fourth-order valence-electron chi connectivity index (χ4n) is 12.9. The molecule has 1 heterocycles. The molecule has 0 unspecified atom stereocenters. The minimum Gasteiger partial charge on any atom is -0.393 e. The fourth-order valence-corrected chi connectivity index (χ4v) is 12.9. The molecule has 34 heavy (non-hydrogen) atoms. The van der Waals surface area contributed by atoms with E-state index in [0.717, 1.165) is 32.1 Å². The first-order valence-electron chi connectivity index (χ1n) is 14.6. The lowest BCUT2D eigenvalue weighted by atomic mass is 9.29. The molecular formula is C31H48O3. The van der Waals surface area contributed by atoms with Crippen LogP contribution in [0.2, 0.25) is 0 Å². The van der Waals surface area contributed by atoms with E-state index < -0.39 is 0 Å². The van der Waals surface area contributed by atoms with Crippen molar-refractivity contribution in [1.29, 1.82) is 0 Å². The standard InChI is InChI=1S/C31H48O3/c1-25(2)12-14-30-15-13-29(7)28(6)11-8-18-26(3,4)20(32)9-10-27(18,5)23(28)22-24(34-22)31(29,17-21(30)33)19(30)16-25/h18-20,22-24,32H,8-17H2,1-7H3/t18-,19+,20-,22-,23+,24-,27-,28+,29-,30-,31-/m0/s1. The lowest BCUT2D eigenvalue weighted by Crippen LogP contribution is -2.71. The van der Waals surface area contributed by atoms with Gasteiger partial charge < -0.3 is 9.84 Å². The Labute approximate surface area is 207 Å². The molecule has 7 rings (SSSR count). The number of hydrogen-bond donors (Lipinski definition) is 1. The van der Waals surface area contributed by atoms with Crippen LogP contribution in [0, 0.1) is 55.7 Å². The highest BCUT2D eigenvalue weighted by Gasteiger charge is 2.86. The Morgan fingerprint density at radius 3 is 2.29 bits per heavy atom. The van der Waals surface area contributed by atoms with Crippen LogP contribution in [-0.2, 0) is 9.53 Å². The number of aliphatic hydroxyl groups is 1. The first kappa shape index (κ1) is 22.8. The Morgan fingerprint density at radius 1 is 0.853 bits per heavy atom. The predicted octanol–water partition coefficient (Wildman–Crippen LogP) is 6.56. The van der Waals surface area contributed by atoms with Gasteiger partial charge in [-0.25, -0.2) is 0 Å². The van der Waals surface area contributed by atoms with Crippen LogP contribution >= 0.6 is 0 Å². The van der Waals surface area contributed by atoms with Crippen LogP contribution in [0.15, 0.2) is 0 Å². The minimum atomic E-state index is -0.191. The van der Waals surface area contributed by atoms with E-state index in [2.05, 4.69) is 48.5 Å². The molecule has 0 aromatic carbocycles. The third-order valence-corrected chi connectivity index (χ3v) is 14.9. The van der Waals surface area contributed by atoms with E-state index in [0.29, 0.717) is 35.1 Å². The molecule has 6 saturated carbocycles. The van der Waals surface area contributed by atoms with Crippen LogP contribution in [0.3, 0.4) is 0 Å². The molecule has 0 amide bonds. The molecule has 2 bridgehead atoms. The Hall–Kier alpha value is -0.410. The highest BCUT2D eigenvalue weighted by Crippen LogP contribution is 2.86. The number of ketones is 1. The van der Waals surface area contributed by atoms with Crippen LogP contribution in [0.5, 0.6) is 0 Å². The fraction of sp³-hybridized carbons (Fsp3) is 0.968. The van der Waals surface area contributed by atoms with Gasteiger partial charge in [0.25, 0.3) is 0 Å². The van der Waals surface area contributed by atoms with Gasteiger partial charge in [0.15, 0.2) is 0 Å². The number of epoxide rings is 1. The van der Waals surface area contributed by atoms with Crippen LogP contribution in [-0.4, -0.2) is 29.2 Å². The Morgan fingerprint density at radius 2 is 1.56 bits per heavy atom. The second kappa shape index (κ2) is 6.01. The summed E-state index contributed by atoms with van der Waals surface area (Å²) in [7, 11) is 0. The average molecular weight is 469 g/mol. The van der Waals surface area contributed by atoms with Crippen molar-refractivity contribution in [2.24, 2.45) is 55.7 Å². The molecular weight excluding hydrogens is 420 g/mol. The van der Waals surface area contributed by atoms with E-state index in [4.69, 9.17) is 4.74 Å². The van der Waals surface area contributed by atoms with Crippen molar-refractivity contribution in [3.63, 3.8) is 0 Å². The molecule has 7 aliphatic rings. The zero-order valence-electron chi connectivity index (χ0n) is 22.8. The second-order valence-corrected chi connectivity index (χ2v) is 16.4. The monoisotopic (exact) mass is 468 g/mol. The highest BCUT2D eigenvalue weighted by atomic mass is 16.6. The van der Waals surface area contributed by atoms with Crippen LogP contribution in [0.25, 0.3) is 0 Å². The van der Waals surface area contributed by atoms with E-state index in [-0.39, 0.29) is 44.7 Å². The van der Waals surface area contributed by atoms with Crippen LogP contribution < -0.4 is 0 Å². The van der Waals surface area contributed by atoms with Crippen LogP contribution in [0.4, 0.5) is 0 Å². The predicted molar refractivity (Wildman–Crippen MR) is 133 cm³/mol. The van der Waals surface area contributed by atoms with E-state index >= 15 is 0 Å². The van der Waals surface area contributed by atoms with Gasteiger partial charge in [-0.3, -0.25) is 4.79 Å². The van der Waals surface area contributed by atoms with E-state index in [1.807, 2.05) is 0 Å². The van der Waals surface area contributed by atoms with Gasteiger partial charge in [-0.2, -0.15) is 0 Å². The summed E-state index contributed by atoms with van der Waals surface area (Å²) in [5.74, 6) is 2.21. The zero-order valence-corrected chi connectivity index (χ0v) is 22.8. The summed E-state index contributed by atoms with van der Waals surface area (Å²) >= 11 is 0. The average Bonchev–Trinajstić information content (AvgIpc) is 3.49. The largest absolute Gasteiger partial charge is 0.393 e.